The maximum Gasteiger partial charge on any atom is 0.120 e. The van der Waals surface area contributed by atoms with E-state index >= 15 is 0 Å². The third kappa shape index (κ3) is 5.39. The molecule has 17 heavy (non-hydrogen) atoms. The minimum absolute atomic E-state index is 0.112. The summed E-state index contributed by atoms with van der Waals surface area (Å²) in [4.78, 5) is 10.7. The Morgan fingerprint density at radius 3 is 2.71 bits per heavy atom. The first-order chi connectivity index (χ1) is 7.85. The molecular formula is C16H26O. The molecule has 0 heterocycles. The van der Waals surface area contributed by atoms with Crippen LogP contribution >= 0.6 is 0 Å². The van der Waals surface area contributed by atoms with Crippen LogP contribution in [0.3, 0.4) is 0 Å². The second-order valence-corrected chi connectivity index (χ2v) is 6.90. The maximum atomic E-state index is 10.7. The Kier molecular flexibility index (Phi) is 4.80. The first-order valence-electron chi connectivity index (χ1n) is 6.78. The van der Waals surface area contributed by atoms with Gasteiger partial charge >= 0.3 is 0 Å². The van der Waals surface area contributed by atoms with Gasteiger partial charge in [-0.05, 0) is 51.4 Å². The largest absolute Gasteiger partial charge is 0.303 e. The fraction of sp³-hybridized carbons (Fsp3) is 0.812. The number of carbonyl (C=O) groups is 1. The third-order valence-corrected chi connectivity index (χ3v) is 3.60. The zero-order chi connectivity index (χ0) is 12.9. The molecule has 0 aromatic carbocycles. The second-order valence-electron chi connectivity index (χ2n) is 6.90. The predicted octanol–water partition coefficient (Wildman–Crippen LogP) is 4.21. The molecule has 0 amide bonds. The predicted molar refractivity (Wildman–Crippen MR) is 72.6 cm³/mol. The summed E-state index contributed by atoms with van der Waals surface area (Å²) in [6, 6.07) is 0. The highest BCUT2D eigenvalue weighted by molar-refractivity contribution is 5.50. The van der Waals surface area contributed by atoms with Crippen LogP contribution in [0.4, 0.5) is 0 Å². The van der Waals surface area contributed by atoms with Crippen LogP contribution in [0.15, 0.2) is 0 Å². The first-order valence-corrected chi connectivity index (χ1v) is 6.78. The van der Waals surface area contributed by atoms with Crippen LogP contribution in [0, 0.1) is 28.6 Å². The topological polar surface area (TPSA) is 17.1 Å². The Labute approximate surface area is 106 Å². The van der Waals surface area contributed by atoms with E-state index in [0.29, 0.717) is 5.92 Å². The molecule has 0 aromatic heterocycles. The molecule has 1 nitrogen and oxygen atoms in total. The molecule has 0 aliphatic heterocycles. The van der Waals surface area contributed by atoms with Crippen LogP contribution in [0.1, 0.15) is 66.2 Å². The van der Waals surface area contributed by atoms with Crippen LogP contribution in [-0.4, -0.2) is 6.29 Å². The molecule has 1 fully saturated rings. The Morgan fingerprint density at radius 1 is 1.41 bits per heavy atom. The van der Waals surface area contributed by atoms with E-state index in [2.05, 4.69) is 39.5 Å². The highest BCUT2D eigenvalue weighted by Gasteiger charge is 2.31. The van der Waals surface area contributed by atoms with Crippen molar-refractivity contribution in [3.8, 4) is 11.8 Å². The summed E-state index contributed by atoms with van der Waals surface area (Å²) in [7, 11) is 0. The lowest BCUT2D eigenvalue weighted by molar-refractivity contribution is -0.110. The molecule has 0 aromatic rings. The summed E-state index contributed by atoms with van der Waals surface area (Å²) in [6.07, 6.45) is 7.73. The molecule has 1 aliphatic carbocycles. The Morgan fingerprint density at radius 2 is 2.12 bits per heavy atom. The van der Waals surface area contributed by atoms with Crippen molar-refractivity contribution in [3.05, 3.63) is 0 Å². The highest BCUT2D eigenvalue weighted by atomic mass is 16.1. The van der Waals surface area contributed by atoms with Crippen molar-refractivity contribution in [2.24, 2.45) is 16.7 Å². The number of aldehydes is 1. The molecule has 2 unspecified atom stereocenters. The number of rotatable bonds is 3. The van der Waals surface area contributed by atoms with Crippen LogP contribution in [0.5, 0.6) is 0 Å². The molecule has 1 rings (SSSR count). The van der Waals surface area contributed by atoms with E-state index in [1.165, 1.54) is 25.7 Å². The van der Waals surface area contributed by atoms with Gasteiger partial charge in [0, 0.05) is 18.3 Å². The van der Waals surface area contributed by atoms with E-state index in [1.807, 2.05) is 0 Å². The van der Waals surface area contributed by atoms with Crippen molar-refractivity contribution < 1.29 is 4.79 Å². The quantitative estimate of drug-likeness (QED) is 0.528. The smallest absolute Gasteiger partial charge is 0.120 e. The van der Waals surface area contributed by atoms with Gasteiger partial charge < -0.3 is 4.79 Å². The molecular weight excluding hydrogens is 208 g/mol. The van der Waals surface area contributed by atoms with Gasteiger partial charge in [0.1, 0.15) is 6.29 Å². The van der Waals surface area contributed by atoms with Crippen molar-refractivity contribution in [1.82, 2.24) is 0 Å². The molecule has 0 spiro atoms. The average molecular weight is 234 g/mol. The van der Waals surface area contributed by atoms with Crippen LogP contribution in [0.2, 0.25) is 0 Å². The summed E-state index contributed by atoms with van der Waals surface area (Å²) < 4.78 is 0. The Balaban J connectivity index is 2.49. The summed E-state index contributed by atoms with van der Waals surface area (Å²) in [6.45, 7) is 8.71. The van der Waals surface area contributed by atoms with E-state index in [0.717, 1.165) is 19.1 Å². The maximum absolute atomic E-state index is 10.7. The molecule has 0 bridgehead atoms. The van der Waals surface area contributed by atoms with E-state index in [1.54, 1.807) is 0 Å². The monoisotopic (exact) mass is 234 g/mol. The molecule has 96 valence electrons. The zero-order valence-corrected chi connectivity index (χ0v) is 11.8. The van der Waals surface area contributed by atoms with Crippen molar-refractivity contribution in [3.63, 3.8) is 0 Å². The number of carbonyl (C=O) groups excluding carboxylic acids is 1. The molecule has 1 heteroatoms. The van der Waals surface area contributed by atoms with Gasteiger partial charge in [-0.1, -0.05) is 19.3 Å². The fourth-order valence-corrected chi connectivity index (χ4v) is 2.74. The number of hydrogen-bond donors (Lipinski definition) is 0. The van der Waals surface area contributed by atoms with Gasteiger partial charge in [0.15, 0.2) is 0 Å². The molecule has 0 N–H and O–H groups in total. The summed E-state index contributed by atoms with van der Waals surface area (Å²) >= 11 is 0. The van der Waals surface area contributed by atoms with Gasteiger partial charge in [-0.25, -0.2) is 0 Å². The lowest BCUT2D eigenvalue weighted by Crippen LogP contribution is -2.26. The first kappa shape index (κ1) is 14.3. The molecule has 1 aliphatic rings. The van der Waals surface area contributed by atoms with Crippen molar-refractivity contribution >= 4 is 6.29 Å². The summed E-state index contributed by atoms with van der Waals surface area (Å²) in [5.41, 5.74) is 0.356. The molecule has 1 saturated carbocycles. The Bertz CT molecular complexity index is 313. The van der Waals surface area contributed by atoms with Gasteiger partial charge in [0.05, 0.1) is 0 Å². The fourth-order valence-electron chi connectivity index (χ4n) is 2.74. The lowest BCUT2D eigenvalue weighted by Gasteiger charge is -2.36. The van der Waals surface area contributed by atoms with E-state index in [4.69, 9.17) is 0 Å². The van der Waals surface area contributed by atoms with Gasteiger partial charge in [-0.2, -0.15) is 0 Å². The van der Waals surface area contributed by atoms with Crippen LogP contribution < -0.4 is 0 Å². The molecule has 2 atom stereocenters. The normalized spacial score (nSPS) is 29.3. The average Bonchev–Trinajstić information content (AvgIpc) is 2.15. The minimum atomic E-state index is 0.112. The SMILES string of the molecule is CC(C)(C)C#CCC1CCCC(C)(CC=O)C1. The van der Waals surface area contributed by atoms with Gasteiger partial charge in [-0.15, -0.1) is 5.92 Å². The van der Waals surface area contributed by atoms with Gasteiger partial charge in [0.25, 0.3) is 0 Å². The van der Waals surface area contributed by atoms with Crippen molar-refractivity contribution in [2.75, 3.05) is 0 Å². The second kappa shape index (κ2) is 5.71. The third-order valence-electron chi connectivity index (χ3n) is 3.60. The van der Waals surface area contributed by atoms with Crippen LogP contribution in [-0.2, 0) is 4.79 Å². The van der Waals surface area contributed by atoms with Crippen molar-refractivity contribution in [2.45, 2.75) is 66.2 Å². The van der Waals surface area contributed by atoms with Crippen molar-refractivity contribution in [1.29, 1.82) is 0 Å². The molecule has 0 radical (unpaired) electrons. The highest BCUT2D eigenvalue weighted by Crippen LogP contribution is 2.42. The minimum Gasteiger partial charge on any atom is -0.303 e. The summed E-state index contributed by atoms with van der Waals surface area (Å²) in [5.74, 6) is 7.34. The van der Waals surface area contributed by atoms with Gasteiger partial charge in [-0.3, -0.25) is 0 Å². The van der Waals surface area contributed by atoms with E-state index < -0.39 is 0 Å². The summed E-state index contributed by atoms with van der Waals surface area (Å²) in [5, 5.41) is 0. The zero-order valence-electron chi connectivity index (χ0n) is 11.8. The lowest BCUT2D eigenvalue weighted by atomic mass is 9.68. The van der Waals surface area contributed by atoms with Crippen LogP contribution in [0.25, 0.3) is 0 Å². The van der Waals surface area contributed by atoms with Gasteiger partial charge in [0.2, 0.25) is 0 Å². The molecule has 0 saturated heterocycles. The number of hydrogen-bond acceptors (Lipinski definition) is 1. The van der Waals surface area contributed by atoms with E-state index in [-0.39, 0.29) is 10.8 Å². The standard InChI is InChI=1S/C16H26O/c1-15(2,3)9-5-7-14-8-6-10-16(4,13-14)11-12-17/h12,14H,6-8,10-11,13H2,1-4H3. The van der Waals surface area contributed by atoms with E-state index in [9.17, 15) is 4.79 Å². The Hall–Kier alpha value is -0.770.